The first kappa shape index (κ1) is 17.8. The lowest BCUT2D eigenvalue weighted by Crippen LogP contribution is -2.40. The third-order valence-corrected chi connectivity index (χ3v) is 5.29. The van der Waals surface area contributed by atoms with Crippen LogP contribution in [0.1, 0.15) is 24.5 Å². The van der Waals surface area contributed by atoms with Gasteiger partial charge in [-0.15, -0.1) is 0 Å². The second-order valence-electron chi connectivity index (χ2n) is 7.17. The number of fused-ring (bicyclic) bond motifs is 2. The Morgan fingerprint density at radius 3 is 2.48 bits per heavy atom. The van der Waals surface area contributed by atoms with E-state index >= 15 is 0 Å². The zero-order valence-electron chi connectivity index (χ0n) is 15.7. The second kappa shape index (κ2) is 6.54. The van der Waals surface area contributed by atoms with Crippen molar-refractivity contribution in [2.45, 2.75) is 52.5 Å². The molecule has 2 atom stereocenters. The van der Waals surface area contributed by atoms with Crippen LogP contribution in [0.15, 0.2) is 21.7 Å². The van der Waals surface area contributed by atoms with Crippen LogP contribution in [0.25, 0.3) is 22.6 Å². The molecule has 0 bridgehead atoms. The van der Waals surface area contributed by atoms with Crippen molar-refractivity contribution in [1.82, 2.24) is 19.1 Å². The molecule has 1 saturated heterocycles. The summed E-state index contributed by atoms with van der Waals surface area (Å²) in [5.74, 6) is 0.322. The van der Waals surface area contributed by atoms with E-state index in [4.69, 9.17) is 10.5 Å². The number of hydrogen-bond acceptors (Lipinski definition) is 6. The maximum absolute atomic E-state index is 12.9. The lowest BCUT2D eigenvalue weighted by molar-refractivity contribution is 0.363. The van der Waals surface area contributed by atoms with Crippen LogP contribution < -0.4 is 17.0 Å². The van der Waals surface area contributed by atoms with Crippen molar-refractivity contribution in [3.8, 4) is 11.5 Å². The van der Waals surface area contributed by atoms with Gasteiger partial charge in [-0.3, -0.25) is 9.36 Å². The molecule has 4 rings (SSSR count). The maximum atomic E-state index is 12.9. The summed E-state index contributed by atoms with van der Waals surface area (Å²) in [6.07, 6.45) is 1.24. The molecular weight excluding hydrogens is 346 g/mol. The molecule has 2 N–H and O–H groups in total. The number of epoxide rings is 1. The van der Waals surface area contributed by atoms with Gasteiger partial charge in [0.25, 0.3) is 5.56 Å². The van der Waals surface area contributed by atoms with E-state index in [1.165, 1.54) is 0 Å². The molecule has 3 aliphatic rings. The van der Waals surface area contributed by atoms with Gasteiger partial charge in [0, 0.05) is 19.6 Å². The summed E-state index contributed by atoms with van der Waals surface area (Å²) >= 11 is 0. The van der Waals surface area contributed by atoms with Crippen LogP contribution >= 0.6 is 0 Å². The molecule has 3 heterocycles. The summed E-state index contributed by atoms with van der Waals surface area (Å²) in [5, 5.41) is 0. The Kier molecular flexibility index (Phi) is 4.32. The van der Waals surface area contributed by atoms with Crippen LogP contribution in [-0.2, 0) is 17.8 Å². The zero-order valence-corrected chi connectivity index (χ0v) is 15.7. The van der Waals surface area contributed by atoms with Gasteiger partial charge in [-0.25, -0.2) is 9.78 Å². The average Bonchev–Trinajstić information content (AvgIpc) is 3.33. The molecule has 0 spiro atoms. The first-order chi connectivity index (χ1) is 12.9. The van der Waals surface area contributed by atoms with Crippen molar-refractivity contribution in [1.29, 1.82) is 0 Å². The summed E-state index contributed by atoms with van der Waals surface area (Å²) in [4.78, 5) is 34.0. The standard InChI is InChI=1S/C19H23N5O3/c1-10-8-13-14(9-11(10)2)23(6-4-15-12(3)27-15)17-16(21-13)18(25)24(7-5-20)19(26)22-17/h8-9,12,15H,4-7,20H2,1-3H3. The van der Waals surface area contributed by atoms with Gasteiger partial charge in [-0.2, -0.15) is 4.98 Å². The van der Waals surface area contributed by atoms with Gasteiger partial charge in [-0.1, -0.05) is 0 Å². The summed E-state index contributed by atoms with van der Waals surface area (Å²) in [7, 11) is 0. The minimum absolute atomic E-state index is 0.126. The van der Waals surface area contributed by atoms with Crippen LogP contribution in [-0.4, -0.2) is 37.9 Å². The summed E-state index contributed by atoms with van der Waals surface area (Å²) < 4.78 is 8.49. The number of nitrogens with two attached hydrogens (primary N) is 1. The summed E-state index contributed by atoms with van der Waals surface area (Å²) in [6.45, 7) is 6.98. The minimum Gasteiger partial charge on any atom is -0.370 e. The Hall–Kier alpha value is -2.58. The molecule has 27 heavy (non-hydrogen) atoms. The SMILES string of the molecule is Cc1cc2nc3c(=O)n(CCN)c(=O)nc-3n(CCC3OC3C)c2cc1C. The highest BCUT2D eigenvalue weighted by Crippen LogP contribution is 2.28. The van der Waals surface area contributed by atoms with E-state index in [0.717, 1.165) is 27.6 Å². The third kappa shape index (κ3) is 3.04. The van der Waals surface area contributed by atoms with Gasteiger partial charge in [0.1, 0.15) is 0 Å². The van der Waals surface area contributed by atoms with E-state index in [9.17, 15) is 9.59 Å². The Morgan fingerprint density at radius 2 is 1.81 bits per heavy atom. The number of benzene rings is 1. The topological polar surface area (TPSA) is 108 Å². The largest absolute Gasteiger partial charge is 0.370 e. The fraction of sp³-hybridized carbons (Fsp3) is 0.474. The zero-order chi connectivity index (χ0) is 19.3. The van der Waals surface area contributed by atoms with E-state index in [2.05, 4.69) is 9.97 Å². The smallest absolute Gasteiger partial charge is 0.352 e. The van der Waals surface area contributed by atoms with Crippen molar-refractivity contribution in [3.63, 3.8) is 0 Å². The number of aromatic nitrogens is 4. The highest BCUT2D eigenvalue weighted by Gasteiger charge is 2.34. The molecule has 0 aromatic heterocycles. The Bertz CT molecular complexity index is 1120. The normalized spacial score (nSPS) is 19.1. The van der Waals surface area contributed by atoms with Crippen LogP contribution in [0.2, 0.25) is 0 Å². The Morgan fingerprint density at radius 1 is 1.11 bits per heavy atom. The van der Waals surface area contributed by atoms with Crippen LogP contribution in [0.3, 0.4) is 0 Å². The van der Waals surface area contributed by atoms with Gasteiger partial charge < -0.3 is 15.0 Å². The van der Waals surface area contributed by atoms with Crippen molar-refractivity contribution >= 4 is 11.0 Å². The van der Waals surface area contributed by atoms with Gasteiger partial charge in [0.2, 0.25) is 0 Å². The first-order valence-electron chi connectivity index (χ1n) is 9.18. The summed E-state index contributed by atoms with van der Waals surface area (Å²) in [6, 6.07) is 4.00. The Balaban J connectivity index is 1.99. The van der Waals surface area contributed by atoms with Gasteiger partial charge in [-0.05, 0) is 50.5 Å². The van der Waals surface area contributed by atoms with E-state index in [-0.39, 0.29) is 31.0 Å². The van der Waals surface area contributed by atoms with Gasteiger partial charge in [0.05, 0.1) is 23.2 Å². The van der Waals surface area contributed by atoms with Crippen molar-refractivity contribution in [2.75, 3.05) is 6.54 Å². The van der Waals surface area contributed by atoms with Gasteiger partial charge in [0.15, 0.2) is 11.5 Å². The molecule has 0 saturated carbocycles. The fourth-order valence-corrected chi connectivity index (χ4v) is 3.47. The van der Waals surface area contributed by atoms with E-state index in [0.29, 0.717) is 17.9 Å². The monoisotopic (exact) mass is 369 g/mol. The first-order valence-corrected chi connectivity index (χ1v) is 9.18. The molecule has 3 aliphatic heterocycles. The quantitative estimate of drug-likeness (QED) is 0.527. The predicted octanol–water partition coefficient (Wildman–Crippen LogP) is 0.811. The molecule has 0 amide bonds. The van der Waals surface area contributed by atoms with E-state index in [1.807, 2.05) is 37.5 Å². The fourth-order valence-electron chi connectivity index (χ4n) is 3.47. The number of ether oxygens (including phenoxy) is 1. The van der Waals surface area contributed by atoms with E-state index in [1.54, 1.807) is 0 Å². The van der Waals surface area contributed by atoms with Crippen molar-refractivity contribution in [2.24, 2.45) is 5.73 Å². The molecule has 1 aromatic rings. The number of hydrogen-bond donors (Lipinski definition) is 1. The molecule has 0 aliphatic carbocycles. The molecule has 142 valence electrons. The number of aryl methyl sites for hydroxylation is 3. The molecule has 2 unspecified atom stereocenters. The molecule has 1 fully saturated rings. The number of nitrogens with zero attached hydrogens (tertiary/aromatic N) is 4. The van der Waals surface area contributed by atoms with Gasteiger partial charge >= 0.3 is 5.69 Å². The molecule has 8 nitrogen and oxygen atoms in total. The van der Waals surface area contributed by atoms with E-state index < -0.39 is 11.2 Å². The molecule has 1 aromatic carbocycles. The molecule has 0 radical (unpaired) electrons. The summed E-state index contributed by atoms with van der Waals surface area (Å²) in [5.41, 5.74) is 8.49. The van der Waals surface area contributed by atoms with Crippen LogP contribution in [0.5, 0.6) is 0 Å². The predicted molar refractivity (Wildman–Crippen MR) is 102 cm³/mol. The lowest BCUT2D eigenvalue weighted by atomic mass is 10.1. The molecule has 8 heteroatoms. The maximum Gasteiger partial charge on any atom is 0.352 e. The Labute approximate surface area is 156 Å². The number of rotatable bonds is 5. The van der Waals surface area contributed by atoms with Crippen molar-refractivity contribution in [3.05, 3.63) is 44.1 Å². The van der Waals surface area contributed by atoms with Crippen LogP contribution in [0, 0.1) is 13.8 Å². The lowest BCUT2D eigenvalue weighted by Gasteiger charge is -2.18. The second-order valence-corrected chi connectivity index (χ2v) is 7.17. The third-order valence-electron chi connectivity index (χ3n) is 5.29. The minimum atomic E-state index is -0.590. The van der Waals surface area contributed by atoms with Crippen molar-refractivity contribution < 1.29 is 4.74 Å². The van der Waals surface area contributed by atoms with Crippen LogP contribution in [0.4, 0.5) is 0 Å². The highest BCUT2D eigenvalue weighted by atomic mass is 16.6. The highest BCUT2D eigenvalue weighted by molar-refractivity contribution is 5.81. The molecular formula is C19H23N5O3. The average molecular weight is 369 g/mol.